The lowest BCUT2D eigenvalue weighted by Crippen LogP contribution is -2.48. The average Bonchev–Trinajstić information content (AvgIpc) is 2.27. The molecule has 2 amide bonds. The summed E-state index contributed by atoms with van der Waals surface area (Å²) < 4.78 is 0. The Kier molecular flexibility index (Phi) is 3.15. The summed E-state index contributed by atoms with van der Waals surface area (Å²) in [6, 6.07) is 7.23. The molecule has 1 aliphatic heterocycles. The van der Waals surface area contributed by atoms with Crippen molar-refractivity contribution >= 4 is 17.8 Å². The van der Waals surface area contributed by atoms with Gasteiger partial charge in [0.1, 0.15) is 0 Å². The van der Waals surface area contributed by atoms with E-state index in [0.29, 0.717) is 0 Å². The number of hydrogen-bond acceptors (Lipinski definition) is 2. The number of carbonyl (C=O) groups excluding carboxylic acids is 1. The van der Waals surface area contributed by atoms with E-state index in [2.05, 4.69) is 5.32 Å². The lowest BCUT2D eigenvalue weighted by Gasteiger charge is -2.31. The van der Waals surface area contributed by atoms with Gasteiger partial charge in [-0.05, 0) is 31.6 Å². The number of rotatable bonds is 1. The number of fused-ring (bicyclic) bond motifs is 1. The predicted molar refractivity (Wildman–Crippen MR) is 67.6 cm³/mol. The van der Waals surface area contributed by atoms with Gasteiger partial charge in [0, 0.05) is 6.04 Å². The van der Waals surface area contributed by atoms with E-state index in [-0.39, 0.29) is 12.1 Å². The Morgan fingerprint density at radius 1 is 1.41 bits per heavy atom. The number of urea groups is 1. The minimum Gasteiger partial charge on any atom is -0.369 e. The largest absolute Gasteiger partial charge is 0.369 e. The van der Waals surface area contributed by atoms with E-state index in [1.807, 2.05) is 44.2 Å². The summed E-state index contributed by atoms with van der Waals surface area (Å²) in [5, 5.41) is 12.7. The number of amides is 2. The van der Waals surface area contributed by atoms with Gasteiger partial charge in [0.2, 0.25) is 0 Å². The first-order valence-corrected chi connectivity index (χ1v) is 5.64. The van der Waals surface area contributed by atoms with Gasteiger partial charge in [0.25, 0.3) is 0 Å². The van der Waals surface area contributed by atoms with Gasteiger partial charge in [-0.1, -0.05) is 24.3 Å². The third-order valence-corrected chi connectivity index (χ3v) is 2.54. The van der Waals surface area contributed by atoms with Crippen LogP contribution in [0.25, 0.3) is 6.08 Å². The van der Waals surface area contributed by atoms with Crippen molar-refractivity contribution < 1.29 is 9.90 Å². The van der Waals surface area contributed by atoms with Gasteiger partial charge < -0.3 is 10.4 Å². The fourth-order valence-corrected chi connectivity index (χ4v) is 1.81. The van der Waals surface area contributed by atoms with Crippen molar-refractivity contribution in [3.8, 4) is 0 Å². The third-order valence-electron chi connectivity index (χ3n) is 2.54. The minimum absolute atomic E-state index is 0.0350. The number of nitrogens with zero attached hydrogens (tertiary/aromatic N) is 1. The van der Waals surface area contributed by atoms with E-state index >= 15 is 0 Å². The Labute approximate surface area is 101 Å². The fourth-order valence-electron chi connectivity index (χ4n) is 1.81. The first-order valence-electron chi connectivity index (χ1n) is 5.64. The van der Waals surface area contributed by atoms with Crippen molar-refractivity contribution in [1.82, 2.24) is 5.32 Å². The van der Waals surface area contributed by atoms with Crippen LogP contribution in [0.15, 0.2) is 30.3 Å². The van der Waals surface area contributed by atoms with Gasteiger partial charge in [-0.2, -0.15) is 0 Å². The molecule has 1 aliphatic rings. The van der Waals surface area contributed by atoms with Crippen LogP contribution in [0.1, 0.15) is 19.4 Å². The lowest BCUT2D eigenvalue weighted by molar-refractivity contribution is 0.200. The molecule has 1 unspecified atom stereocenters. The Morgan fingerprint density at radius 3 is 2.82 bits per heavy atom. The molecule has 17 heavy (non-hydrogen) atoms. The van der Waals surface area contributed by atoms with Crippen LogP contribution in [0.3, 0.4) is 0 Å². The zero-order chi connectivity index (χ0) is 12.4. The van der Waals surface area contributed by atoms with E-state index in [1.165, 1.54) is 4.90 Å². The van der Waals surface area contributed by atoms with Crippen LogP contribution in [0, 0.1) is 0 Å². The summed E-state index contributed by atoms with van der Waals surface area (Å²) in [6.45, 7) is 3.77. The van der Waals surface area contributed by atoms with Crippen molar-refractivity contribution in [2.45, 2.75) is 26.1 Å². The Hall–Kier alpha value is -1.81. The highest BCUT2D eigenvalue weighted by molar-refractivity contribution is 5.96. The number of para-hydroxylation sites is 1. The molecule has 90 valence electrons. The van der Waals surface area contributed by atoms with Gasteiger partial charge in [-0.25, -0.2) is 4.79 Å². The quantitative estimate of drug-likeness (QED) is 0.777. The van der Waals surface area contributed by atoms with Crippen molar-refractivity contribution in [3.63, 3.8) is 0 Å². The number of aliphatic hydroxyl groups is 1. The maximum Gasteiger partial charge on any atom is 0.324 e. The summed E-state index contributed by atoms with van der Waals surface area (Å²) in [6.07, 6.45) is 2.50. The van der Waals surface area contributed by atoms with Gasteiger partial charge in [-0.3, -0.25) is 4.90 Å². The van der Waals surface area contributed by atoms with Crippen LogP contribution in [-0.4, -0.2) is 23.4 Å². The highest BCUT2D eigenvalue weighted by Gasteiger charge is 2.26. The molecule has 0 saturated carbocycles. The summed E-state index contributed by atoms with van der Waals surface area (Å²) >= 11 is 0. The Bertz CT molecular complexity index is 454. The number of carbonyl (C=O) groups is 1. The summed E-state index contributed by atoms with van der Waals surface area (Å²) in [5.74, 6) is 0. The number of nitrogens with one attached hydrogen (secondary N) is 1. The molecule has 1 atom stereocenters. The molecule has 4 nitrogen and oxygen atoms in total. The summed E-state index contributed by atoms with van der Waals surface area (Å²) in [5.41, 5.74) is 1.65. The molecule has 0 fully saturated rings. The standard InChI is InChI=1S/C13H16N2O2/c1-9(2)14-13(17)15-11-6-4-3-5-10(11)7-8-12(15)16/h3-9,12,16H,1-2H3,(H,14,17). The molecule has 0 bridgehead atoms. The molecule has 1 heterocycles. The van der Waals surface area contributed by atoms with Gasteiger partial charge in [-0.15, -0.1) is 0 Å². The first kappa shape index (κ1) is 11.7. The second kappa shape index (κ2) is 4.59. The molecule has 0 radical (unpaired) electrons. The van der Waals surface area contributed by atoms with Crippen LogP contribution in [0.5, 0.6) is 0 Å². The predicted octanol–water partition coefficient (Wildman–Crippen LogP) is 1.96. The molecule has 4 heteroatoms. The topological polar surface area (TPSA) is 52.6 Å². The molecular formula is C13H16N2O2. The molecule has 1 aromatic rings. The molecule has 0 spiro atoms. The molecule has 0 aliphatic carbocycles. The average molecular weight is 232 g/mol. The van der Waals surface area contributed by atoms with Crippen LogP contribution >= 0.6 is 0 Å². The van der Waals surface area contributed by atoms with Crippen LogP contribution in [0.2, 0.25) is 0 Å². The first-order chi connectivity index (χ1) is 8.09. The van der Waals surface area contributed by atoms with Crippen molar-refractivity contribution in [3.05, 3.63) is 35.9 Å². The van der Waals surface area contributed by atoms with Crippen LogP contribution in [-0.2, 0) is 0 Å². The minimum atomic E-state index is -0.913. The SMILES string of the molecule is CC(C)NC(=O)N1c2ccccc2C=CC1O. The van der Waals surface area contributed by atoms with E-state index in [9.17, 15) is 9.90 Å². The van der Waals surface area contributed by atoms with E-state index < -0.39 is 6.23 Å². The Balaban J connectivity index is 2.33. The Morgan fingerprint density at radius 2 is 2.12 bits per heavy atom. The highest BCUT2D eigenvalue weighted by Crippen LogP contribution is 2.27. The lowest BCUT2D eigenvalue weighted by atomic mass is 10.1. The molecule has 1 aromatic carbocycles. The van der Waals surface area contributed by atoms with Gasteiger partial charge in [0.05, 0.1) is 5.69 Å². The molecule has 2 rings (SSSR count). The van der Waals surface area contributed by atoms with E-state index in [4.69, 9.17) is 0 Å². The molecule has 2 N–H and O–H groups in total. The normalized spacial score (nSPS) is 18.1. The highest BCUT2D eigenvalue weighted by atomic mass is 16.3. The number of benzene rings is 1. The van der Waals surface area contributed by atoms with Gasteiger partial charge in [0.15, 0.2) is 6.23 Å². The van der Waals surface area contributed by atoms with Crippen LogP contribution in [0.4, 0.5) is 10.5 Å². The van der Waals surface area contributed by atoms with E-state index in [0.717, 1.165) is 11.3 Å². The van der Waals surface area contributed by atoms with Crippen molar-refractivity contribution in [2.75, 3.05) is 4.90 Å². The van der Waals surface area contributed by atoms with E-state index in [1.54, 1.807) is 6.08 Å². The summed E-state index contributed by atoms with van der Waals surface area (Å²) in [7, 11) is 0. The molecular weight excluding hydrogens is 216 g/mol. The second-order valence-corrected chi connectivity index (χ2v) is 4.31. The van der Waals surface area contributed by atoms with Crippen LogP contribution < -0.4 is 10.2 Å². The maximum absolute atomic E-state index is 12.0. The zero-order valence-electron chi connectivity index (χ0n) is 9.92. The third kappa shape index (κ3) is 2.31. The number of anilines is 1. The second-order valence-electron chi connectivity index (χ2n) is 4.31. The monoisotopic (exact) mass is 232 g/mol. The number of aliphatic hydroxyl groups excluding tert-OH is 1. The van der Waals surface area contributed by atoms with Crippen molar-refractivity contribution in [2.24, 2.45) is 0 Å². The molecule has 0 saturated heterocycles. The summed E-state index contributed by atoms with van der Waals surface area (Å²) in [4.78, 5) is 13.4. The molecule has 0 aromatic heterocycles. The smallest absolute Gasteiger partial charge is 0.324 e. The fraction of sp³-hybridized carbons (Fsp3) is 0.308. The van der Waals surface area contributed by atoms with Crippen molar-refractivity contribution in [1.29, 1.82) is 0 Å². The maximum atomic E-state index is 12.0. The zero-order valence-corrected chi connectivity index (χ0v) is 9.92. The van der Waals surface area contributed by atoms with Gasteiger partial charge >= 0.3 is 6.03 Å². The number of hydrogen-bond donors (Lipinski definition) is 2.